The number of carbonyl (C=O) groups is 1. The molecule has 0 radical (unpaired) electrons. The molecule has 2 rings (SSSR count). The highest BCUT2D eigenvalue weighted by Gasteiger charge is 2.08. The lowest BCUT2D eigenvalue weighted by Gasteiger charge is -2.09. The highest BCUT2D eigenvalue weighted by atomic mass is 79.9. The summed E-state index contributed by atoms with van der Waals surface area (Å²) in [5, 5.41) is 5.97. The van der Waals surface area contributed by atoms with Crippen LogP contribution in [0.2, 0.25) is 0 Å². The Morgan fingerprint density at radius 2 is 2.10 bits per heavy atom. The average molecular weight is 349 g/mol. The molecule has 0 fully saturated rings. The summed E-state index contributed by atoms with van der Waals surface area (Å²) in [4.78, 5) is 20.0. The van der Waals surface area contributed by atoms with Crippen molar-refractivity contribution in [3.05, 3.63) is 46.3 Å². The van der Waals surface area contributed by atoms with Crippen molar-refractivity contribution in [2.45, 2.75) is 20.3 Å². The predicted molar refractivity (Wildman–Crippen MR) is 86.8 cm³/mol. The summed E-state index contributed by atoms with van der Waals surface area (Å²) < 4.78 is 0.943. The van der Waals surface area contributed by atoms with Crippen molar-refractivity contribution in [1.29, 1.82) is 0 Å². The first kappa shape index (κ1) is 15.4. The molecule has 6 heteroatoms. The van der Waals surface area contributed by atoms with Crippen LogP contribution in [-0.2, 0) is 0 Å². The van der Waals surface area contributed by atoms with Crippen LogP contribution in [-0.4, -0.2) is 22.4 Å². The van der Waals surface area contributed by atoms with Gasteiger partial charge in [0.25, 0.3) is 5.91 Å². The molecule has 5 nitrogen and oxygen atoms in total. The van der Waals surface area contributed by atoms with Gasteiger partial charge >= 0.3 is 0 Å². The molecule has 0 bridgehead atoms. The molecule has 0 saturated heterocycles. The maximum atomic E-state index is 11.9. The first-order valence-corrected chi connectivity index (χ1v) is 7.53. The van der Waals surface area contributed by atoms with Gasteiger partial charge in [-0.3, -0.25) is 4.79 Å². The van der Waals surface area contributed by atoms with Crippen LogP contribution in [0.4, 0.5) is 11.5 Å². The number of aromatic nitrogens is 2. The zero-order valence-corrected chi connectivity index (χ0v) is 13.6. The van der Waals surface area contributed by atoms with Gasteiger partial charge in [0.05, 0.1) is 5.69 Å². The van der Waals surface area contributed by atoms with Crippen molar-refractivity contribution in [3.8, 4) is 0 Å². The van der Waals surface area contributed by atoms with Crippen molar-refractivity contribution in [2.24, 2.45) is 0 Å². The van der Waals surface area contributed by atoms with E-state index in [0.717, 1.165) is 22.1 Å². The van der Waals surface area contributed by atoms with Crippen LogP contribution < -0.4 is 10.6 Å². The van der Waals surface area contributed by atoms with E-state index in [1.807, 2.05) is 32.0 Å². The van der Waals surface area contributed by atoms with Crippen LogP contribution in [0, 0.1) is 6.92 Å². The van der Waals surface area contributed by atoms with E-state index in [1.54, 1.807) is 6.07 Å². The van der Waals surface area contributed by atoms with Crippen molar-refractivity contribution in [2.75, 3.05) is 11.9 Å². The lowest BCUT2D eigenvalue weighted by Crippen LogP contribution is -2.25. The minimum atomic E-state index is -0.190. The summed E-state index contributed by atoms with van der Waals surface area (Å²) in [6.45, 7) is 4.66. The highest BCUT2D eigenvalue weighted by Crippen LogP contribution is 2.26. The summed E-state index contributed by atoms with van der Waals surface area (Å²) in [5.41, 5.74) is 2.40. The molecule has 21 heavy (non-hydrogen) atoms. The van der Waals surface area contributed by atoms with Gasteiger partial charge in [-0.25, -0.2) is 9.97 Å². The molecule has 0 aliphatic carbocycles. The number of halogens is 1. The van der Waals surface area contributed by atoms with Crippen LogP contribution in [0.3, 0.4) is 0 Å². The Morgan fingerprint density at radius 1 is 1.29 bits per heavy atom. The van der Waals surface area contributed by atoms with E-state index in [9.17, 15) is 4.79 Å². The van der Waals surface area contributed by atoms with Crippen molar-refractivity contribution >= 4 is 33.3 Å². The number of rotatable bonds is 5. The summed E-state index contributed by atoms with van der Waals surface area (Å²) in [6, 6.07) is 7.61. The van der Waals surface area contributed by atoms with Gasteiger partial charge in [-0.2, -0.15) is 0 Å². The maximum Gasteiger partial charge on any atom is 0.270 e. The molecular formula is C15H17BrN4O. The summed E-state index contributed by atoms with van der Waals surface area (Å²) in [6.07, 6.45) is 2.27. The molecule has 1 aromatic heterocycles. The number of amides is 1. The molecule has 110 valence electrons. The Kier molecular flexibility index (Phi) is 5.27. The standard InChI is InChI=1S/C15H17BrN4O/c1-3-6-17-15(21)13-8-14(19-9-18-13)20-12-5-4-10(2)7-11(12)16/h4-5,7-9H,3,6H2,1-2H3,(H,17,21)(H,18,19,20). The van der Waals surface area contributed by atoms with E-state index in [0.29, 0.717) is 18.1 Å². The van der Waals surface area contributed by atoms with Crippen molar-refractivity contribution in [3.63, 3.8) is 0 Å². The molecule has 1 aromatic carbocycles. The Labute approximate surface area is 132 Å². The molecule has 2 aromatic rings. The van der Waals surface area contributed by atoms with Crippen molar-refractivity contribution < 1.29 is 4.79 Å². The first-order valence-electron chi connectivity index (χ1n) is 6.73. The Balaban J connectivity index is 2.15. The lowest BCUT2D eigenvalue weighted by molar-refractivity contribution is 0.0948. The van der Waals surface area contributed by atoms with Crippen LogP contribution in [0.5, 0.6) is 0 Å². The molecule has 1 heterocycles. The molecule has 0 aliphatic rings. The monoisotopic (exact) mass is 348 g/mol. The number of nitrogens with one attached hydrogen (secondary N) is 2. The van der Waals surface area contributed by atoms with E-state index >= 15 is 0 Å². The molecule has 0 unspecified atom stereocenters. The molecular weight excluding hydrogens is 332 g/mol. The van der Waals surface area contributed by atoms with Crippen LogP contribution in [0.25, 0.3) is 0 Å². The van der Waals surface area contributed by atoms with E-state index in [4.69, 9.17) is 0 Å². The fraction of sp³-hybridized carbons (Fsp3) is 0.267. The Morgan fingerprint density at radius 3 is 2.81 bits per heavy atom. The predicted octanol–water partition coefficient (Wildman–Crippen LogP) is 3.43. The van der Waals surface area contributed by atoms with Gasteiger partial charge in [0, 0.05) is 17.1 Å². The third-order valence-corrected chi connectivity index (χ3v) is 3.48. The van der Waals surface area contributed by atoms with Gasteiger partial charge in [0.1, 0.15) is 17.8 Å². The first-order chi connectivity index (χ1) is 10.1. The second-order valence-electron chi connectivity index (χ2n) is 4.65. The molecule has 0 atom stereocenters. The minimum Gasteiger partial charge on any atom is -0.351 e. The van der Waals surface area contributed by atoms with E-state index in [2.05, 4.69) is 36.5 Å². The number of benzene rings is 1. The molecule has 0 spiro atoms. The number of anilines is 2. The third kappa shape index (κ3) is 4.26. The minimum absolute atomic E-state index is 0.190. The number of hydrogen-bond acceptors (Lipinski definition) is 4. The molecule has 1 amide bonds. The van der Waals surface area contributed by atoms with Crippen molar-refractivity contribution in [1.82, 2.24) is 15.3 Å². The third-order valence-electron chi connectivity index (χ3n) is 2.82. The molecule has 0 saturated carbocycles. The quantitative estimate of drug-likeness (QED) is 0.868. The summed E-state index contributed by atoms with van der Waals surface area (Å²) >= 11 is 3.50. The smallest absolute Gasteiger partial charge is 0.270 e. The molecule has 0 aliphatic heterocycles. The Hall–Kier alpha value is -1.95. The Bertz CT molecular complexity index is 645. The van der Waals surface area contributed by atoms with Gasteiger partial charge in [0.2, 0.25) is 0 Å². The average Bonchev–Trinajstić information content (AvgIpc) is 2.48. The second-order valence-corrected chi connectivity index (χ2v) is 5.51. The zero-order chi connectivity index (χ0) is 15.2. The zero-order valence-electron chi connectivity index (χ0n) is 12.0. The van der Waals surface area contributed by atoms with E-state index < -0.39 is 0 Å². The largest absolute Gasteiger partial charge is 0.351 e. The van der Waals surface area contributed by atoms with E-state index in [-0.39, 0.29) is 5.91 Å². The molecule has 2 N–H and O–H groups in total. The summed E-state index contributed by atoms with van der Waals surface area (Å²) in [5.74, 6) is 0.390. The van der Waals surface area contributed by atoms with Gasteiger partial charge in [-0.15, -0.1) is 0 Å². The SMILES string of the molecule is CCCNC(=O)c1cc(Nc2ccc(C)cc2Br)ncn1. The number of carbonyl (C=O) groups excluding carboxylic acids is 1. The maximum absolute atomic E-state index is 11.9. The second kappa shape index (κ2) is 7.17. The fourth-order valence-electron chi connectivity index (χ4n) is 1.74. The van der Waals surface area contributed by atoms with Crippen LogP contribution in [0.15, 0.2) is 35.1 Å². The lowest BCUT2D eigenvalue weighted by atomic mass is 10.2. The van der Waals surface area contributed by atoms with Gasteiger partial charge in [0.15, 0.2) is 0 Å². The fourth-order valence-corrected chi connectivity index (χ4v) is 2.33. The number of nitrogens with zero attached hydrogens (tertiary/aromatic N) is 2. The highest BCUT2D eigenvalue weighted by molar-refractivity contribution is 9.10. The van der Waals surface area contributed by atoms with Gasteiger partial charge in [-0.1, -0.05) is 13.0 Å². The van der Waals surface area contributed by atoms with Gasteiger partial charge in [-0.05, 0) is 47.0 Å². The van der Waals surface area contributed by atoms with E-state index in [1.165, 1.54) is 6.33 Å². The summed E-state index contributed by atoms with van der Waals surface area (Å²) in [7, 11) is 0. The van der Waals surface area contributed by atoms with Crippen LogP contribution in [0.1, 0.15) is 29.4 Å². The topological polar surface area (TPSA) is 66.9 Å². The van der Waals surface area contributed by atoms with Crippen LogP contribution >= 0.6 is 15.9 Å². The van der Waals surface area contributed by atoms with Gasteiger partial charge < -0.3 is 10.6 Å². The normalized spacial score (nSPS) is 10.2. The number of hydrogen-bond donors (Lipinski definition) is 2. The number of aryl methyl sites for hydroxylation is 1.